The number of carbonyl (C=O) groups excluding carboxylic acids is 2. The van der Waals surface area contributed by atoms with Crippen LogP contribution in [-0.2, 0) is 4.79 Å². The van der Waals surface area contributed by atoms with E-state index in [-0.39, 0.29) is 11.8 Å². The Balaban J connectivity index is 1.07. The number of halogens is 3. The maximum absolute atomic E-state index is 13.0. The van der Waals surface area contributed by atoms with Crippen molar-refractivity contribution in [3.63, 3.8) is 0 Å². The lowest BCUT2D eigenvalue weighted by Gasteiger charge is -2.38. The van der Waals surface area contributed by atoms with Crippen molar-refractivity contribution in [2.45, 2.75) is 0 Å². The molecule has 2 aliphatic rings. The van der Waals surface area contributed by atoms with Crippen LogP contribution in [0.25, 0.3) is 0 Å². The van der Waals surface area contributed by atoms with E-state index < -0.39 is 0 Å². The molecule has 200 valence electrons. The SMILES string of the molecule is O=C(CN1CCN(C(=O)c2csc(Nc3ccc(Cl)c(Cl)c3)n2)CC1)N1CCN(c2cccc(Cl)c2)CC1. The van der Waals surface area contributed by atoms with Crippen molar-refractivity contribution >= 4 is 74.5 Å². The van der Waals surface area contributed by atoms with Crippen molar-refractivity contribution in [2.24, 2.45) is 0 Å². The number of aromatic nitrogens is 1. The normalized spacial score (nSPS) is 16.6. The average Bonchev–Trinajstić information content (AvgIpc) is 3.39. The van der Waals surface area contributed by atoms with E-state index in [0.29, 0.717) is 71.7 Å². The summed E-state index contributed by atoms with van der Waals surface area (Å²) in [6, 6.07) is 13.0. The highest BCUT2D eigenvalue weighted by molar-refractivity contribution is 7.14. The number of nitrogens with one attached hydrogen (secondary N) is 1. The van der Waals surface area contributed by atoms with Crippen LogP contribution in [0.4, 0.5) is 16.5 Å². The maximum Gasteiger partial charge on any atom is 0.273 e. The van der Waals surface area contributed by atoms with Gasteiger partial charge in [-0.15, -0.1) is 11.3 Å². The number of hydrogen-bond donors (Lipinski definition) is 1. The predicted octanol–water partition coefficient (Wildman–Crippen LogP) is 4.95. The minimum atomic E-state index is -0.105. The van der Waals surface area contributed by atoms with Gasteiger partial charge in [-0.25, -0.2) is 4.98 Å². The highest BCUT2D eigenvalue weighted by atomic mass is 35.5. The Morgan fingerprint density at radius 3 is 2.32 bits per heavy atom. The molecule has 3 aromatic rings. The van der Waals surface area contributed by atoms with Crippen molar-refractivity contribution in [1.82, 2.24) is 19.7 Å². The van der Waals surface area contributed by atoms with Crippen molar-refractivity contribution in [2.75, 3.05) is 69.1 Å². The van der Waals surface area contributed by atoms with E-state index in [1.807, 2.05) is 29.2 Å². The molecule has 0 bridgehead atoms. The number of thiazole rings is 1. The minimum Gasteiger partial charge on any atom is -0.368 e. The second-order valence-corrected chi connectivity index (χ2v) is 11.3. The van der Waals surface area contributed by atoms with Gasteiger partial charge in [0.1, 0.15) is 5.69 Å². The van der Waals surface area contributed by atoms with Gasteiger partial charge in [-0.1, -0.05) is 40.9 Å². The van der Waals surface area contributed by atoms with Crippen LogP contribution in [0.3, 0.4) is 0 Å². The van der Waals surface area contributed by atoms with Crippen LogP contribution in [0, 0.1) is 0 Å². The molecule has 2 saturated heterocycles. The molecule has 1 N–H and O–H groups in total. The van der Waals surface area contributed by atoms with Crippen LogP contribution in [0.15, 0.2) is 47.8 Å². The topological polar surface area (TPSA) is 72.0 Å². The number of carbonyl (C=O) groups is 2. The van der Waals surface area contributed by atoms with Gasteiger partial charge < -0.3 is 20.0 Å². The Hall–Kier alpha value is -2.56. The Labute approximate surface area is 240 Å². The van der Waals surface area contributed by atoms with E-state index in [0.717, 1.165) is 24.5 Å². The van der Waals surface area contributed by atoms with Crippen LogP contribution < -0.4 is 10.2 Å². The molecule has 12 heteroatoms. The van der Waals surface area contributed by atoms with E-state index >= 15 is 0 Å². The van der Waals surface area contributed by atoms with E-state index in [4.69, 9.17) is 34.8 Å². The van der Waals surface area contributed by atoms with Gasteiger partial charge in [-0.3, -0.25) is 14.5 Å². The van der Waals surface area contributed by atoms with E-state index in [1.165, 1.54) is 11.3 Å². The standard InChI is InChI=1S/C26H27Cl3N6O2S/c27-18-2-1-3-20(14-18)33-10-12-34(13-11-33)24(36)16-32-6-8-35(9-7-32)25(37)23-17-38-26(31-23)30-19-4-5-21(28)22(29)15-19/h1-5,14-15,17H,6-13,16H2,(H,30,31). The van der Waals surface area contributed by atoms with Crippen molar-refractivity contribution in [3.05, 3.63) is 68.6 Å². The third-order valence-corrected chi connectivity index (χ3v) is 8.45. The molecule has 2 aromatic carbocycles. The number of rotatable bonds is 6. The van der Waals surface area contributed by atoms with Crippen LogP contribution in [-0.4, -0.2) is 90.4 Å². The molecule has 0 unspecified atom stereocenters. The molecular formula is C26H27Cl3N6O2S. The molecule has 3 heterocycles. The lowest BCUT2D eigenvalue weighted by atomic mass is 10.2. The first-order valence-corrected chi connectivity index (χ1v) is 14.3. The van der Waals surface area contributed by atoms with Crippen LogP contribution in [0.1, 0.15) is 10.5 Å². The fraction of sp³-hybridized carbons (Fsp3) is 0.346. The molecule has 2 aliphatic heterocycles. The van der Waals surface area contributed by atoms with Gasteiger partial charge in [0.25, 0.3) is 5.91 Å². The molecule has 38 heavy (non-hydrogen) atoms. The quantitative estimate of drug-likeness (QED) is 0.436. The van der Waals surface area contributed by atoms with Gasteiger partial charge in [-0.2, -0.15) is 0 Å². The summed E-state index contributed by atoms with van der Waals surface area (Å²) >= 11 is 19.5. The van der Waals surface area contributed by atoms with Crippen molar-refractivity contribution in [1.29, 1.82) is 0 Å². The van der Waals surface area contributed by atoms with Gasteiger partial charge in [-0.05, 0) is 36.4 Å². The van der Waals surface area contributed by atoms with E-state index in [2.05, 4.69) is 20.1 Å². The fourth-order valence-corrected chi connectivity index (χ4v) is 5.76. The molecule has 0 radical (unpaired) electrons. The molecule has 1 aromatic heterocycles. The summed E-state index contributed by atoms with van der Waals surface area (Å²) in [5, 5.41) is 7.15. The number of benzene rings is 2. The highest BCUT2D eigenvalue weighted by Gasteiger charge is 2.27. The lowest BCUT2D eigenvalue weighted by Crippen LogP contribution is -2.54. The zero-order valence-corrected chi connectivity index (χ0v) is 23.7. The predicted molar refractivity (Wildman–Crippen MR) is 154 cm³/mol. The Morgan fingerprint density at radius 2 is 1.61 bits per heavy atom. The van der Waals surface area contributed by atoms with Gasteiger partial charge in [0.2, 0.25) is 5.91 Å². The number of piperazine rings is 2. The number of anilines is 3. The van der Waals surface area contributed by atoms with E-state index in [1.54, 1.807) is 28.5 Å². The summed E-state index contributed by atoms with van der Waals surface area (Å²) in [6.07, 6.45) is 0. The first-order chi connectivity index (χ1) is 18.4. The second-order valence-electron chi connectivity index (χ2n) is 9.21. The monoisotopic (exact) mass is 592 g/mol. The molecule has 0 aliphatic carbocycles. The Bertz CT molecular complexity index is 1310. The molecule has 0 atom stereocenters. The first kappa shape index (κ1) is 27.0. The zero-order valence-electron chi connectivity index (χ0n) is 20.6. The summed E-state index contributed by atoms with van der Waals surface area (Å²) in [5.41, 5.74) is 2.24. The van der Waals surface area contributed by atoms with Crippen LogP contribution in [0.5, 0.6) is 0 Å². The van der Waals surface area contributed by atoms with Crippen LogP contribution in [0.2, 0.25) is 15.1 Å². The van der Waals surface area contributed by atoms with Gasteiger partial charge in [0.05, 0.1) is 16.6 Å². The summed E-state index contributed by atoms with van der Waals surface area (Å²) in [7, 11) is 0. The van der Waals surface area contributed by atoms with Gasteiger partial charge >= 0.3 is 0 Å². The summed E-state index contributed by atoms with van der Waals surface area (Å²) in [5.74, 6) is 0.0274. The molecule has 8 nitrogen and oxygen atoms in total. The lowest BCUT2D eigenvalue weighted by molar-refractivity contribution is -0.133. The largest absolute Gasteiger partial charge is 0.368 e. The van der Waals surface area contributed by atoms with E-state index in [9.17, 15) is 9.59 Å². The number of amides is 2. The molecule has 2 amide bonds. The average molecular weight is 594 g/mol. The number of nitrogens with zero attached hydrogens (tertiary/aromatic N) is 5. The fourth-order valence-electron chi connectivity index (χ4n) is 4.58. The summed E-state index contributed by atoms with van der Waals surface area (Å²) < 4.78 is 0. The Kier molecular flexibility index (Phi) is 8.60. The van der Waals surface area contributed by atoms with Crippen LogP contribution >= 0.6 is 46.1 Å². The maximum atomic E-state index is 13.0. The summed E-state index contributed by atoms with van der Waals surface area (Å²) in [4.78, 5) is 38.5. The first-order valence-electron chi connectivity index (χ1n) is 12.3. The summed E-state index contributed by atoms with van der Waals surface area (Å²) in [6.45, 7) is 5.72. The smallest absolute Gasteiger partial charge is 0.273 e. The molecular weight excluding hydrogens is 567 g/mol. The molecule has 0 saturated carbocycles. The third kappa shape index (κ3) is 6.52. The number of hydrogen-bond acceptors (Lipinski definition) is 7. The third-order valence-electron chi connectivity index (χ3n) is 6.72. The molecule has 2 fully saturated rings. The second kappa shape index (κ2) is 12.1. The molecule has 5 rings (SSSR count). The van der Waals surface area contributed by atoms with Gasteiger partial charge in [0, 0.05) is 74.1 Å². The minimum absolute atomic E-state index is 0.105. The van der Waals surface area contributed by atoms with Crippen molar-refractivity contribution in [3.8, 4) is 0 Å². The molecule has 0 spiro atoms. The highest BCUT2D eigenvalue weighted by Crippen LogP contribution is 2.28. The van der Waals surface area contributed by atoms with Gasteiger partial charge in [0.15, 0.2) is 5.13 Å². The van der Waals surface area contributed by atoms with Crippen molar-refractivity contribution < 1.29 is 9.59 Å². The zero-order chi connectivity index (χ0) is 26.6. The Morgan fingerprint density at radius 1 is 0.868 bits per heavy atom.